The molecule has 2 fully saturated rings. The van der Waals surface area contributed by atoms with E-state index in [1.54, 1.807) is 20.8 Å². The number of hydrogen-bond donors (Lipinski definition) is 2. The molecular weight excluding hydrogens is 198 g/mol. The van der Waals surface area contributed by atoms with Crippen LogP contribution in [0.1, 0.15) is 20.8 Å². The Hall–Kier alpha value is -1.10. The van der Waals surface area contributed by atoms with Crippen LogP contribution in [0.3, 0.4) is 0 Å². The smallest absolute Gasteiger partial charge is 0.338 e. The second-order valence-corrected chi connectivity index (χ2v) is 4.66. The van der Waals surface area contributed by atoms with Gasteiger partial charge in [-0.1, -0.05) is 13.8 Å². The first kappa shape index (κ1) is 10.4. The fraction of sp³-hybridized carbons (Fsp3) is 0.800. The summed E-state index contributed by atoms with van der Waals surface area (Å²) in [5, 5.41) is 12.6. The van der Waals surface area contributed by atoms with Gasteiger partial charge in [0.25, 0.3) is 0 Å². The van der Waals surface area contributed by atoms with E-state index in [-0.39, 0.29) is 17.7 Å². The normalized spacial score (nSPS) is 40.6. The zero-order chi connectivity index (χ0) is 11.4. The number of ether oxygens (including phenoxy) is 1. The molecule has 0 aromatic rings. The summed E-state index contributed by atoms with van der Waals surface area (Å²) < 4.78 is 4.94. The van der Waals surface area contributed by atoms with E-state index in [9.17, 15) is 14.7 Å². The minimum atomic E-state index is -1.19. The molecule has 0 saturated carbocycles. The molecule has 0 aromatic carbocycles. The van der Waals surface area contributed by atoms with Crippen molar-refractivity contribution in [2.24, 2.45) is 11.8 Å². The Bertz CT molecular complexity index is 327. The summed E-state index contributed by atoms with van der Waals surface area (Å²) in [6.45, 7) is 5.30. The maximum Gasteiger partial charge on any atom is 0.338 e. The number of aliphatic hydroxyl groups excluding tert-OH is 1. The van der Waals surface area contributed by atoms with E-state index in [2.05, 4.69) is 5.32 Å². The zero-order valence-corrected chi connectivity index (χ0v) is 8.98. The number of amides is 1. The Morgan fingerprint density at radius 1 is 1.47 bits per heavy atom. The van der Waals surface area contributed by atoms with Gasteiger partial charge in [-0.3, -0.25) is 4.79 Å². The van der Waals surface area contributed by atoms with Crippen LogP contribution >= 0.6 is 0 Å². The first-order valence-electron chi connectivity index (χ1n) is 5.12. The SMILES string of the molecule is CC(C)[C@@H](O)[C@]12NC(=O)[C@H](C)[C@@H]1OC2=O. The average Bonchev–Trinajstić information content (AvgIpc) is 2.37. The molecule has 2 saturated heterocycles. The lowest BCUT2D eigenvalue weighted by molar-refractivity contribution is -0.206. The molecule has 1 amide bonds. The highest BCUT2D eigenvalue weighted by Gasteiger charge is 2.70. The van der Waals surface area contributed by atoms with Gasteiger partial charge in [-0.15, -0.1) is 0 Å². The predicted octanol–water partition coefficient (Wildman–Crippen LogP) is -0.567. The predicted molar refractivity (Wildman–Crippen MR) is 50.8 cm³/mol. The second-order valence-electron chi connectivity index (χ2n) is 4.66. The van der Waals surface area contributed by atoms with Crippen molar-refractivity contribution in [3.05, 3.63) is 0 Å². The fourth-order valence-electron chi connectivity index (χ4n) is 2.33. The molecule has 0 aromatic heterocycles. The van der Waals surface area contributed by atoms with Crippen molar-refractivity contribution < 1.29 is 19.4 Å². The van der Waals surface area contributed by atoms with Gasteiger partial charge in [0.15, 0.2) is 0 Å². The van der Waals surface area contributed by atoms with Crippen LogP contribution in [-0.4, -0.2) is 34.7 Å². The molecule has 0 bridgehead atoms. The minimum absolute atomic E-state index is 0.106. The highest BCUT2D eigenvalue weighted by Crippen LogP contribution is 2.42. The van der Waals surface area contributed by atoms with E-state index in [4.69, 9.17) is 4.74 Å². The van der Waals surface area contributed by atoms with Gasteiger partial charge in [-0.2, -0.15) is 0 Å². The van der Waals surface area contributed by atoms with E-state index in [0.717, 1.165) is 0 Å². The quantitative estimate of drug-likeness (QED) is 0.602. The Kier molecular flexibility index (Phi) is 2.05. The van der Waals surface area contributed by atoms with Gasteiger partial charge in [0.05, 0.1) is 12.0 Å². The Morgan fingerprint density at radius 3 is 2.47 bits per heavy atom. The molecule has 5 nitrogen and oxygen atoms in total. The molecule has 4 atom stereocenters. The maximum atomic E-state index is 11.5. The number of fused-ring (bicyclic) bond motifs is 1. The highest BCUT2D eigenvalue weighted by atomic mass is 16.6. The van der Waals surface area contributed by atoms with Crippen LogP contribution in [0, 0.1) is 11.8 Å². The summed E-state index contributed by atoms with van der Waals surface area (Å²) in [7, 11) is 0. The first-order valence-corrected chi connectivity index (χ1v) is 5.12. The van der Waals surface area contributed by atoms with Crippen LogP contribution < -0.4 is 5.32 Å². The summed E-state index contributed by atoms with van der Waals surface area (Å²) in [5.41, 5.74) is -1.19. The lowest BCUT2D eigenvalue weighted by Gasteiger charge is -2.46. The van der Waals surface area contributed by atoms with E-state index < -0.39 is 23.7 Å². The van der Waals surface area contributed by atoms with Gasteiger partial charge < -0.3 is 15.2 Å². The number of esters is 1. The number of hydrogen-bond acceptors (Lipinski definition) is 4. The molecule has 2 heterocycles. The van der Waals surface area contributed by atoms with Gasteiger partial charge in [-0.25, -0.2) is 4.79 Å². The number of aliphatic hydroxyl groups is 1. The van der Waals surface area contributed by atoms with Crippen molar-refractivity contribution in [3.63, 3.8) is 0 Å². The first-order chi connectivity index (χ1) is 6.91. The molecule has 0 aliphatic carbocycles. The van der Waals surface area contributed by atoms with E-state index in [1.165, 1.54) is 0 Å². The number of carbonyl (C=O) groups excluding carboxylic acids is 2. The van der Waals surface area contributed by atoms with Crippen LogP contribution in [0.4, 0.5) is 0 Å². The van der Waals surface area contributed by atoms with E-state index in [1.807, 2.05) is 0 Å². The summed E-state index contributed by atoms with van der Waals surface area (Å²) in [6.07, 6.45) is -1.41. The maximum absolute atomic E-state index is 11.5. The van der Waals surface area contributed by atoms with Crippen molar-refractivity contribution >= 4 is 11.9 Å². The topological polar surface area (TPSA) is 75.6 Å². The Labute approximate surface area is 87.8 Å². The van der Waals surface area contributed by atoms with Crippen molar-refractivity contribution in [1.82, 2.24) is 5.32 Å². The second kappa shape index (κ2) is 2.95. The molecule has 15 heavy (non-hydrogen) atoms. The molecule has 0 unspecified atom stereocenters. The molecule has 0 radical (unpaired) electrons. The molecule has 2 aliphatic rings. The van der Waals surface area contributed by atoms with Crippen molar-refractivity contribution in [2.75, 3.05) is 0 Å². The van der Waals surface area contributed by atoms with Gasteiger partial charge in [0, 0.05) is 0 Å². The molecule has 84 valence electrons. The van der Waals surface area contributed by atoms with Crippen LogP contribution in [0.5, 0.6) is 0 Å². The van der Waals surface area contributed by atoms with Crippen LogP contribution in [0.2, 0.25) is 0 Å². The Balaban J connectivity index is 2.33. The van der Waals surface area contributed by atoms with Gasteiger partial charge in [-0.05, 0) is 12.8 Å². The number of rotatable bonds is 2. The van der Waals surface area contributed by atoms with Gasteiger partial charge in [0.2, 0.25) is 11.4 Å². The molecule has 0 spiro atoms. The van der Waals surface area contributed by atoms with Crippen LogP contribution in [0.15, 0.2) is 0 Å². The molecular formula is C10H15NO4. The lowest BCUT2D eigenvalue weighted by Crippen LogP contribution is -2.73. The van der Waals surface area contributed by atoms with Gasteiger partial charge >= 0.3 is 5.97 Å². The third-order valence-electron chi connectivity index (χ3n) is 3.32. The summed E-state index contributed by atoms with van der Waals surface area (Å²) in [5.74, 6) is -1.24. The average molecular weight is 213 g/mol. The van der Waals surface area contributed by atoms with Crippen molar-refractivity contribution in [3.8, 4) is 0 Å². The van der Waals surface area contributed by atoms with E-state index in [0.29, 0.717) is 0 Å². The lowest BCUT2D eigenvalue weighted by atomic mass is 9.76. The fourth-order valence-corrected chi connectivity index (χ4v) is 2.33. The van der Waals surface area contributed by atoms with Crippen molar-refractivity contribution in [2.45, 2.75) is 38.5 Å². The molecule has 2 N–H and O–H groups in total. The van der Waals surface area contributed by atoms with E-state index >= 15 is 0 Å². The summed E-state index contributed by atoms with van der Waals surface area (Å²) in [4.78, 5) is 22.9. The molecule has 5 heteroatoms. The number of nitrogens with one attached hydrogen (secondary N) is 1. The molecule has 2 rings (SSSR count). The van der Waals surface area contributed by atoms with Crippen molar-refractivity contribution in [1.29, 1.82) is 0 Å². The minimum Gasteiger partial charge on any atom is -0.456 e. The largest absolute Gasteiger partial charge is 0.456 e. The van der Waals surface area contributed by atoms with Crippen LogP contribution in [0.25, 0.3) is 0 Å². The van der Waals surface area contributed by atoms with Gasteiger partial charge in [0.1, 0.15) is 6.10 Å². The monoisotopic (exact) mass is 213 g/mol. The Morgan fingerprint density at radius 2 is 2.07 bits per heavy atom. The highest BCUT2D eigenvalue weighted by molar-refractivity contribution is 5.99. The number of carbonyl (C=O) groups is 2. The zero-order valence-electron chi connectivity index (χ0n) is 8.98. The standard InChI is InChI=1S/C10H15NO4/c1-4(2)6(12)10-7(15-9(10)14)5(3)8(13)11-10/h4-7,12H,1-3H3,(H,11,13)/t5-,6-,7+,10+/m1/s1. The van der Waals surface area contributed by atoms with Crippen LogP contribution in [-0.2, 0) is 14.3 Å². The third-order valence-corrected chi connectivity index (χ3v) is 3.32. The summed E-state index contributed by atoms with van der Waals surface area (Å²) in [6, 6.07) is 0. The third kappa shape index (κ3) is 1.07. The molecule has 2 aliphatic heterocycles. The summed E-state index contributed by atoms with van der Waals surface area (Å²) >= 11 is 0.